The molecule has 0 unspecified atom stereocenters. The molecule has 2 aromatic rings. The molecule has 4 nitrogen and oxygen atoms in total. The summed E-state index contributed by atoms with van der Waals surface area (Å²) in [4.78, 5) is 2.63. The summed E-state index contributed by atoms with van der Waals surface area (Å²) in [6.45, 7) is 5.44. The maximum atomic E-state index is 9.16. The standard InChI is InChI=1S/C20H29N3O/c1-17(7-8-18-5-3-2-4-6-18)22-13-10-19(11-14-22)20-9-12-21-23(20)15-16-24/h2-6,9,12,17,19,24H,7-8,10-11,13-16H2,1H3/t17-/m0/s1. The molecule has 1 N–H and O–H groups in total. The minimum atomic E-state index is 0.157. The molecule has 1 aromatic carbocycles. The third kappa shape index (κ3) is 4.25. The molecule has 0 aliphatic carbocycles. The van der Waals surface area contributed by atoms with Gasteiger partial charge < -0.3 is 10.0 Å². The number of benzene rings is 1. The normalized spacial score (nSPS) is 17.9. The number of hydrogen-bond acceptors (Lipinski definition) is 3. The van der Waals surface area contributed by atoms with Crippen LogP contribution in [0.3, 0.4) is 0 Å². The number of rotatable bonds is 7. The quantitative estimate of drug-likeness (QED) is 0.850. The van der Waals surface area contributed by atoms with E-state index in [0.29, 0.717) is 18.5 Å². The van der Waals surface area contributed by atoms with E-state index in [1.54, 1.807) is 0 Å². The monoisotopic (exact) mass is 327 g/mol. The molecule has 130 valence electrons. The lowest BCUT2D eigenvalue weighted by atomic mass is 9.92. The van der Waals surface area contributed by atoms with Crippen LogP contribution in [0.4, 0.5) is 0 Å². The minimum absolute atomic E-state index is 0.157. The molecule has 1 aromatic heterocycles. The zero-order valence-electron chi connectivity index (χ0n) is 14.6. The fourth-order valence-electron chi connectivity index (χ4n) is 3.81. The van der Waals surface area contributed by atoms with Gasteiger partial charge in [-0.2, -0.15) is 5.10 Å². The van der Waals surface area contributed by atoms with E-state index in [4.69, 9.17) is 5.11 Å². The number of aryl methyl sites for hydroxylation is 1. The van der Waals surface area contributed by atoms with Crippen LogP contribution in [0.5, 0.6) is 0 Å². The Morgan fingerprint density at radius 1 is 1.17 bits per heavy atom. The Balaban J connectivity index is 1.48. The number of hydrogen-bond donors (Lipinski definition) is 1. The highest BCUT2D eigenvalue weighted by Crippen LogP contribution is 2.29. The average molecular weight is 327 g/mol. The topological polar surface area (TPSA) is 41.3 Å². The first-order chi connectivity index (χ1) is 11.8. The summed E-state index contributed by atoms with van der Waals surface area (Å²) < 4.78 is 1.97. The second-order valence-electron chi connectivity index (χ2n) is 6.89. The molecule has 0 saturated carbocycles. The van der Waals surface area contributed by atoms with E-state index in [2.05, 4.69) is 53.3 Å². The van der Waals surface area contributed by atoms with Gasteiger partial charge in [-0.05, 0) is 57.3 Å². The third-order valence-electron chi connectivity index (χ3n) is 5.33. The lowest BCUT2D eigenvalue weighted by molar-refractivity contribution is 0.152. The Hall–Kier alpha value is -1.65. The van der Waals surface area contributed by atoms with Crippen molar-refractivity contribution in [3.05, 3.63) is 53.9 Å². The molecule has 3 rings (SSSR count). The highest BCUT2D eigenvalue weighted by atomic mass is 16.3. The summed E-state index contributed by atoms with van der Waals surface area (Å²) in [5, 5.41) is 13.5. The van der Waals surface area contributed by atoms with Crippen LogP contribution in [0.15, 0.2) is 42.6 Å². The van der Waals surface area contributed by atoms with Crippen LogP contribution >= 0.6 is 0 Å². The van der Waals surface area contributed by atoms with Gasteiger partial charge in [-0.25, -0.2) is 0 Å². The van der Waals surface area contributed by atoms with Gasteiger partial charge in [-0.1, -0.05) is 30.3 Å². The molecule has 1 fully saturated rings. The van der Waals surface area contributed by atoms with Gasteiger partial charge in [-0.15, -0.1) is 0 Å². The maximum Gasteiger partial charge on any atom is 0.0644 e. The first kappa shape index (κ1) is 17.2. The van der Waals surface area contributed by atoms with Crippen molar-refractivity contribution in [1.82, 2.24) is 14.7 Å². The number of aromatic nitrogens is 2. The van der Waals surface area contributed by atoms with Crippen LogP contribution < -0.4 is 0 Å². The van der Waals surface area contributed by atoms with E-state index in [1.807, 2.05) is 10.9 Å². The van der Waals surface area contributed by atoms with Gasteiger partial charge in [0.05, 0.1) is 13.2 Å². The lowest BCUT2D eigenvalue weighted by Gasteiger charge is -2.36. The molecule has 0 amide bonds. The number of likely N-dealkylation sites (tertiary alicyclic amines) is 1. The van der Waals surface area contributed by atoms with E-state index in [9.17, 15) is 0 Å². The largest absolute Gasteiger partial charge is 0.394 e. The number of nitrogens with zero attached hydrogens (tertiary/aromatic N) is 3. The summed E-state index contributed by atoms with van der Waals surface area (Å²) >= 11 is 0. The van der Waals surface area contributed by atoms with Gasteiger partial charge in [0.25, 0.3) is 0 Å². The number of piperidine rings is 1. The molecule has 1 saturated heterocycles. The van der Waals surface area contributed by atoms with E-state index in [-0.39, 0.29) is 6.61 Å². The van der Waals surface area contributed by atoms with Gasteiger partial charge in [0, 0.05) is 23.9 Å². The first-order valence-electron chi connectivity index (χ1n) is 9.18. The molecule has 0 radical (unpaired) electrons. The van der Waals surface area contributed by atoms with Gasteiger partial charge in [-0.3, -0.25) is 4.68 Å². The van der Waals surface area contributed by atoms with E-state index < -0.39 is 0 Å². The number of aliphatic hydroxyl groups is 1. The summed E-state index contributed by atoms with van der Waals surface area (Å²) in [5.74, 6) is 0.580. The zero-order valence-corrected chi connectivity index (χ0v) is 14.6. The van der Waals surface area contributed by atoms with Crippen LogP contribution in [0.25, 0.3) is 0 Å². The van der Waals surface area contributed by atoms with Crippen molar-refractivity contribution >= 4 is 0 Å². The molecule has 0 spiro atoms. The highest BCUT2D eigenvalue weighted by molar-refractivity contribution is 5.15. The van der Waals surface area contributed by atoms with Gasteiger partial charge in [0.1, 0.15) is 0 Å². The van der Waals surface area contributed by atoms with Crippen LogP contribution in [-0.2, 0) is 13.0 Å². The van der Waals surface area contributed by atoms with Crippen LogP contribution in [0.1, 0.15) is 43.4 Å². The highest BCUT2D eigenvalue weighted by Gasteiger charge is 2.25. The van der Waals surface area contributed by atoms with Crippen LogP contribution in [0.2, 0.25) is 0 Å². The van der Waals surface area contributed by atoms with Crippen molar-refractivity contribution in [2.45, 2.75) is 51.1 Å². The van der Waals surface area contributed by atoms with Gasteiger partial charge in [0.2, 0.25) is 0 Å². The second-order valence-corrected chi connectivity index (χ2v) is 6.89. The van der Waals surface area contributed by atoms with Crippen molar-refractivity contribution in [2.75, 3.05) is 19.7 Å². The second kappa shape index (κ2) is 8.45. The Morgan fingerprint density at radius 2 is 1.92 bits per heavy atom. The molecule has 2 heterocycles. The number of aliphatic hydroxyl groups excluding tert-OH is 1. The lowest BCUT2D eigenvalue weighted by Crippen LogP contribution is -2.40. The molecule has 0 bridgehead atoms. The van der Waals surface area contributed by atoms with Crippen molar-refractivity contribution < 1.29 is 5.11 Å². The van der Waals surface area contributed by atoms with Crippen molar-refractivity contribution in [1.29, 1.82) is 0 Å². The molecule has 4 heteroatoms. The Labute approximate surface area is 145 Å². The van der Waals surface area contributed by atoms with E-state index >= 15 is 0 Å². The zero-order chi connectivity index (χ0) is 16.8. The van der Waals surface area contributed by atoms with Crippen LogP contribution in [-0.4, -0.2) is 45.5 Å². The van der Waals surface area contributed by atoms with Crippen molar-refractivity contribution in [2.24, 2.45) is 0 Å². The predicted molar refractivity (Wildman–Crippen MR) is 97.1 cm³/mol. The van der Waals surface area contributed by atoms with E-state index in [1.165, 1.54) is 30.5 Å². The molecule has 1 aliphatic rings. The predicted octanol–water partition coefficient (Wildman–Crippen LogP) is 3.08. The Morgan fingerprint density at radius 3 is 2.62 bits per heavy atom. The van der Waals surface area contributed by atoms with Crippen molar-refractivity contribution in [3.63, 3.8) is 0 Å². The van der Waals surface area contributed by atoms with Crippen LogP contribution in [0, 0.1) is 0 Å². The van der Waals surface area contributed by atoms with Gasteiger partial charge in [0.15, 0.2) is 0 Å². The molecular weight excluding hydrogens is 298 g/mol. The smallest absolute Gasteiger partial charge is 0.0644 e. The molecule has 1 atom stereocenters. The third-order valence-corrected chi connectivity index (χ3v) is 5.33. The Bertz CT molecular complexity index is 602. The summed E-state index contributed by atoms with van der Waals surface area (Å²) in [5.41, 5.74) is 2.73. The molecular formula is C20H29N3O. The fourth-order valence-corrected chi connectivity index (χ4v) is 3.81. The SMILES string of the molecule is C[C@@H](CCc1ccccc1)N1CCC(c2ccnn2CCO)CC1. The van der Waals surface area contributed by atoms with E-state index in [0.717, 1.165) is 19.5 Å². The first-order valence-corrected chi connectivity index (χ1v) is 9.18. The van der Waals surface area contributed by atoms with Gasteiger partial charge >= 0.3 is 0 Å². The molecule has 24 heavy (non-hydrogen) atoms. The average Bonchev–Trinajstić information content (AvgIpc) is 3.09. The molecule has 1 aliphatic heterocycles. The maximum absolute atomic E-state index is 9.16. The summed E-state index contributed by atoms with van der Waals surface area (Å²) in [6, 6.07) is 13.5. The summed E-state index contributed by atoms with van der Waals surface area (Å²) in [7, 11) is 0. The van der Waals surface area contributed by atoms with Crippen molar-refractivity contribution in [3.8, 4) is 0 Å². The fraction of sp³-hybridized carbons (Fsp3) is 0.550. The Kier molecular flexibility index (Phi) is 6.05. The minimum Gasteiger partial charge on any atom is -0.394 e. The summed E-state index contributed by atoms with van der Waals surface area (Å²) in [6.07, 6.45) is 6.61.